The van der Waals surface area contributed by atoms with E-state index < -0.39 is 5.97 Å². The Kier molecular flexibility index (Phi) is 7.29. The molecule has 0 aliphatic carbocycles. The highest BCUT2D eigenvalue weighted by atomic mass is 16.5. The summed E-state index contributed by atoms with van der Waals surface area (Å²) in [5.41, 5.74) is 0.990. The highest BCUT2D eigenvalue weighted by Gasteiger charge is 2.09. The third kappa shape index (κ3) is 6.79. The van der Waals surface area contributed by atoms with Crippen LogP contribution in [0, 0.1) is 0 Å². The van der Waals surface area contributed by atoms with Gasteiger partial charge >= 0.3 is 5.97 Å². The van der Waals surface area contributed by atoms with Gasteiger partial charge in [0.1, 0.15) is 5.75 Å². The quantitative estimate of drug-likeness (QED) is 0.711. The molecule has 21 heavy (non-hydrogen) atoms. The van der Waals surface area contributed by atoms with Gasteiger partial charge in [-0.05, 0) is 24.1 Å². The molecule has 1 rings (SSSR count). The molecule has 0 bridgehead atoms. The first-order chi connectivity index (χ1) is 10.0. The summed E-state index contributed by atoms with van der Waals surface area (Å²) in [7, 11) is 1.79. The number of benzene rings is 1. The van der Waals surface area contributed by atoms with Gasteiger partial charge in [0.25, 0.3) is 0 Å². The van der Waals surface area contributed by atoms with Crippen molar-refractivity contribution in [3.63, 3.8) is 0 Å². The van der Waals surface area contributed by atoms with Gasteiger partial charge in [-0.1, -0.05) is 31.9 Å². The van der Waals surface area contributed by atoms with Crippen LogP contribution < -0.4 is 4.74 Å². The minimum absolute atomic E-state index is 0.148. The Morgan fingerprint density at radius 3 is 2.43 bits per heavy atom. The first-order valence-electron chi connectivity index (χ1n) is 7.20. The topological polar surface area (TPSA) is 66.8 Å². The lowest BCUT2D eigenvalue weighted by atomic mass is 10.1. The summed E-state index contributed by atoms with van der Waals surface area (Å²) in [5, 5.41) is 8.53. The number of carboxylic acids is 1. The van der Waals surface area contributed by atoms with E-state index in [0.717, 1.165) is 24.8 Å². The number of carbonyl (C=O) groups is 2. The van der Waals surface area contributed by atoms with Gasteiger partial charge in [0.2, 0.25) is 5.91 Å². The average Bonchev–Trinajstić information content (AvgIpc) is 2.46. The van der Waals surface area contributed by atoms with Crippen molar-refractivity contribution in [2.24, 2.45) is 0 Å². The van der Waals surface area contributed by atoms with Crippen molar-refractivity contribution in [3.05, 3.63) is 29.8 Å². The Labute approximate surface area is 125 Å². The van der Waals surface area contributed by atoms with E-state index in [1.165, 1.54) is 0 Å². The maximum Gasteiger partial charge on any atom is 0.341 e. The van der Waals surface area contributed by atoms with Gasteiger partial charge in [0.15, 0.2) is 6.61 Å². The highest BCUT2D eigenvalue weighted by Crippen LogP contribution is 2.14. The van der Waals surface area contributed by atoms with Crippen molar-refractivity contribution in [1.82, 2.24) is 4.90 Å². The molecule has 0 aliphatic heterocycles. The molecule has 0 atom stereocenters. The van der Waals surface area contributed by atoms with Crippen molar-refractivity contribution >= 4 is 11.9 Å². The van der Waals surface area contributed by atoms with Crippen LogP contribution in [0.5, 0.6) is 5.75 Å². The van der Waals surface area contributed by atoms with E-state index in [9.17, 15) is 9.59 Å². The molecule has 1 N–H and O–H groups in total. The second kappa shape index (κ2) is 9.00. The number of carboxylic acid groups (broad SMARTS) is 1. The summed E-state index contributed by atoms with van der Waals surface area (Å²) in [5.74, 6) is -0.343. The van der Waals surface area contributed by atoms with E-state index in [1.807, 2.05) is 12.1 Å². The molecule has 0 radical (unpaired) electrons. The summed E-state index contributed by atoms with van der Waals surface area (Å²) < 4.78 is 5.06. The molecular weight excluding hydrogens is 270 g/mol. The number of rotatable bonds is 9. The van der Waals surface area contributed by atoms with E-state index >= 15 is 0 Å². The fraction of sp³-hybridized carbons (Fsp3) is 0.500. The summed E-state index contributed by atoms with van der Waals surface area (Å²) in [4.78, 5) is 24.0. The Balaban J connectivity index is 2.43. The Hall–Kier alpha value is -2.04. The number of aliphatic carboxylic acids is 1. The summed E-state index contributed by atoms with van der Waals surface area (Å²) in [6.07, 6.45) is 3.70. The molecule has 0 saturated heterocycles. The Morgan fingerprint density at radius 1 is 1.19 bits per heavy atom. The van der Waals surface area contributed by atoms with Gasteiger partial charge in [-0.15, -0.1) is 0 Å². The molecule has 0 fully saturated rings. The Bertz CT molecular complexity index is 456. The molecule has 0 unspecified atom stereocenters. The molecule has 1 aromatic carbocycles. The summed E-state index contributed by atoms with van der Waals surface area (Å²) in [6.45, 7) is 2.31. The number of carbonyl (C=O) groups excluding carboxylic acids is 1. The second-order valence-corrected chi connectivity index (χ2v) is 5.03. The Morgan fingerprint density at radius 2 is 1.86 bits per heavy atom. The van der Waals surface area contributed by atoms with Crippen LogP contribution in [0.2, 0.25) is 0 Å². The second-order valence-electron chi connectivity index (χ2n) is 5.03. The van der Waals surface area contributed by atoms with E-state index in [1.54, 1.807) is 24.1 Å². The third-order valence-electron chi connectivity index (χ3n) is 3.13. The van der Waals surface area contributed by atoms with E-state index in [4.69, 9.17) is 9.84 Å². The van der Waals surface area contributed by atoms with Crippen LogP contribution in [0.25, 0.3) is 0 Å². The van der Waals surface area contributed by atoms with Gasteiger partial charge in [-0.25, -0.2) is 4.79 Å². The van der Waals surface area contributed by atoms with E-state index in [-0.39, 0.29) is 12.5 Å². The first kappa shape index (κ1) is 17.0. The van der Waals surface area contributed by atoms with Crippen molar-refractivity contribution < 1.29 is 19.4 Å². The lowest BCUT2D eigenvalue weighted by molar-refractivity contribution is -0.139. The number of amides is 1. The van der Waals surface area contributed by atoms with Crippen LogP contribution in [-0.4, -0.2) is 35.5 Å². The molecular formula is C16H23NO4. The molecule has 1 aromatic rings. The molecule has 0 saturated carbocycles. The van der Waals surface area contributed by atoms with Gasteiger partial charge in [0.05, 0.1) is 0 Å². The average molecular weight is 293 g/mol. The van der Waals surface area contributed by atoms with Gasteiger partial charge in [-0.2, -0.15) is 0 Å². The highest BCUT2D eigenvalue weighted by molar-refractivity contribution is 5.75. The molecule has 5 nitrogen and oxygen atoms in total. The minimum Gasteiger partial charge on any atom is -0.482 e. The van der Waals surface area contributed by atoms with Gasteiger partial charge in [0, 0.05) is 20.0 Å². The predicted octanol–water partition coefficient (Wildman–Crippen LogP) is 2.69. The lowest BCUT2D eigenvalue weighted by Crippen LogP contribution is -2.25. The zero-order valence-corrected chi connectivity index (χ0v) is 12.7. The fourth-order valence-electron chi connectivity index (χ4n) is 1.92. The summed E-state index contributed by atoms with van der Waals surface area (Å²) in [6, 6.07) is 7.11. The van der Waals surface area contributed by atoms with Crippen LogP contribution in [-0.2, 0) is 16.1 Å². The molecule has 5 heteroatoms. The van der Waals surface area contributed by atoms with Crippen molar-refractivity contribution in [1.29, 1.82) is 0 Å². The van der Waals surface area contributed by atoms with Gasteiger partial charge < -0.3 is 14.7 Å². The minimum atomic E-state index is -1.00. The monoisotopic (exact) mass is 293 g/mol. The fourth-order valence-corrected chi connectivity index (χ4v) is 1.92. The largest absolute Gasteiger partial charge is 0.482 e. The van der Waals surface area contributed by atoms with Crippen molar-refractivity contribution in [2.45, 2.75) is 39.2 Å². The molecule has 0 heterocycles. The van der Waals surface area contributed by atoms with E-state index in [2.05, 4.69) is 6.92 Å². The normalized spacial score (nSPS) is 10.2. The van der Waals surface area contributed by atoms with Crippen LogP contribution in [0.15, 0.2) is 24.3 Å². The van der Waals surface area contributed by atoms with Crippen molar-refractivity contribution in [2.75, 3.05) is 13.7 Å². The first-order valence-corrected chi connectivity index (χ1v) is 7.20. The van der Waals surface area contributed by atoms with Crippen LogP contribution >= 0.6 is 0 Å². The molecule has 1 amide bonds. The smallest absolute Gasteiger partial charge is 0.341 e. The van der Waals surface area contributed by atoms with Crippen LogP contribution in [0.3, 0.4) is 0 Å². The molecule has 0 spiro atoms. The molecule has 0 aromatic heterocycles. The van der Waals surface area contributed by atoms with Crippen molar-refractivity contribution in [3.8, 4) is 5.75 Å². The molecule has 116 valence electrons. The standard InChI is InChI=1S/C16H23NO4/c1-3-4-5-6-15(18)17(2)11-13-7-9-14(10-8-13)21-12-16(19)20/h7-10H,3-6,11-12H2,1-2H3,(H,19,20). The van der Waals surface area contributed by atoms with Crippen LogP contribution in [0.1, 0.15) is 38.2 Å². The maximum absolute atomic E-state index is 11.9. The maximum atomic E-state index is 11.9. The van der Waals surface area contributed by atoms with Crippen LogP contribution in [0.4, 0.5) is 0 Å². The number of nitrogens with zero attached hydrogens (tertiary/aromatic N) is 1. The zero-order valence-electron chi connectivity index (χ0n) is 12.7. The lowest BCUT2D eigenvalue weighted by Gasteiger charge is -2.17. The van der Waals surface area contributed by atoms with Gasteiger partial charge in [-0.3, -0.25) is 4.79 Å². The van der Waals surface area contributed by atoms with E-state index in [0.29, 0.717) is 18.7 Å². The predicted molar refractivity (Wildman–Crippen MR) is 80.2 cm³/mol. The summed E-state index contributed by atoms with van der Waals surface area (Å²) >= 11 is 0. The SMILES string of the molecule is CCCCCC(=O)N(C)Cc1ccc(OCC(=O)O)cc1. The number of hydrogen-bond donors (Lipinski definition) is 1. The molecule has 0 aliphatic rings. The number of hydrogen-bond acceptors (Lipinski definition) is 3. The zero-order chi connectivity index (χ0) is 15.7. The number of ether oxygens (including phenoxy) is 1. The number of unbranched alkanes of at least 4 members (excludes halogenated alkanes) is 2. The third-order valence-corrected chi connectivity index (χ3v) is 3.13.